The van der Waals surface area contributed by atoms with Gasteiger partial charge in [0.15, 0.2) is 0 Å². The molecule has 0 aliphatic carbocycles. The van der Waals surface area contributed by atoms with E-state index in [1.54, 1.807) is 23.9 Å². The normalized spacial score (nSPS) is 12.4. The van der Waals surface area contributed by atoms with E-state index in [9.17, 15) is 9.90 Å². The van der Waals surface area contributed by atoms with Crippen LogP contribution in [0.3, 0.4) is 0 Å². The van der Waals surface area contributed by atoms with Crippen LogP contribution in [0, 0.1) is 5.41 Å². The van der Waals surface area contributed by atoms with Crippen LogP contribution in [0.25, 0.3) is 0 Å². The van der Waals surface area contributed by atoms with Crippen LogP contribution in [0.15, 0.2) is 23.2 Å². The molecule has 1 aromatic carbocycles. The standard InChI is InChI=1S/C13H17N3O3S/c1-20-5-4-10(13(18)19)16-7-9-3-2-8(12(14)15)6-11(9)17/h2-3,6-7,10,17H,4-5H2,1H3,(H3,14,15)(H,18,19)/t10-/m0/s1. The molecule has 7 heteroatoms. The van der Waals surface area contributed by atoms with Crippen molar-refractivity contribution in [2.75, 3.05) is 12.0 Å². The molecule has 0 saturated carbocycles. The fourth-order valence-electron chi connectivity index (χ4n) is 1.48. The lowest BCUT2D eigenvalue weighted by Crippen LogP contribution is -2.19. The molecule has 0 spiro atoms. The van der Waals surface area contributed by atoms with E-state index in [1.165, 1.54) is 12.3 Å². The van der Waals surface area contributed by atoms with Crippen LogP contribution in [0.2, 0.25) is 0 Å². The zero-order valence-corrected chi connectivity index (χ0v) is 11.9. The highest BCUT2D eigenvalue weighted by molar-refractivity contribution is 7.98. The molecule has 6 nitrogen and oxygen atoms in total. The van der Waals surface area contributed by atoms with Gasteiger partial charge in [-0.3, -0.25) is 10.4 Å². The second-order valence-electron chi connectivity index (χ2n) is 4.10. The summed E-state index contributed by atoms with van der Waals surface area (Å²) in [6.45, 7) is 0. The molecule has 0 amide bonds. The maximum absolute atomic E-state index is 11.0. The van der Waals surface area contributed by atoms with Crippen LogP contribution in [0.5, 0.6) is 5.75 Å². The SMILES string of the molecule is CSCC[C@H](N=Cc1ccc(C(=N)N)cc1O)C(=O)O. The number of aromatic hydroxyl groups is 1. The van der Waals surface area contributed by atoms with Crippen molar-refractivity contribution in [1.82, 2.24) is 0 Å². The number of thioether (sulfide) groups is 1. The number of phenolic OH excluding ortho intramolecular Hbond substituents is 1. The van der Waals surface area contributed by atoms with Gasteiger partial charge in [-0.1, -0.05) is 6.07 Å². The second kappa shape index (κ2) is 7.54. The van der Waals surface area contributed by atoms with Gasteiger partial charge in [0.2, 0.25) is 0 Å². The maximum atomic E-state index is 11.0. The third kappa shape index (κ3) is 4.58. The Morgan fingerprint density at radius 3 is 2.80 bits per heavy atom. The van der Waals surface area contributed by atoms with Crippen molar-refractivity contribution in [3.8, 4) is 5.75 Å². The summed E-state index contributed by atoms with van der Waals surface area (Å²) in [5.74, 6) is -0.526. The lowest BCUT2D eigenvalue weighted by atomic mass is 10.1. The summed E-state index contributed by atoms with van der Waals surface area (Å²) in [6, 6.07) is 3.64. The molecular weight excluding hydrogens is 278 g/mol. The van der Waals surface area contributed by atoms with Gasteiger partial charge < -0.3 is 15.9 Å². The summed E-state index contributed by atoms with van der Waals surface area (Å²) in [7, 11) is 0. The summed E-state index contributed by atoms with van der Waals surface area (Å²) in [4.78, 5) is 15.0. The minimum Gasteiger partial charge on any atom is -0.507 e. The number of nitrogen functional groups attached to an aromatic ring is 1. The minimum atomic E-state index is -0.991. The Morgan fingerprint density at radius 1 is 1.60 bits per heavy atom. The Balaban J connectivity index is 2.87. The number of carbonyl (C=O) groups is 1. The number of aliphatic carboxylic acids is 1. The number of nitrogens with one attached hydrogen (secondary N) is 1. The van der Waals surface area contributed by atoms with Gasteiger partial charge in [0.25, 0.3) is 0 Å². The molecular formula is C13H17N3O3S. The van der Waals surface area contributed by atoms with Gasteiger partial charge in [-0.15, -0.1) is 0 Å². The molecule has 20 heavy (non-hydrogen) atoms. The Bertz CT molecular complexity index is 532. The van der Waals surface area contributed by atoms with Crippen LogP contribution < -0.4 is 5.73 Å². The van der Waals surface area contributed by atoms with Gasteiger partial charge in [0, 0.05) is 17.3 Å². The first kappa shape index (κ1) is 16.0. The number of rotatable bonds is 7. The van der Waals surface area contributed by atoms with Crippen molar-refractivity contribution in [1.29, 1.82) is 5.41 Å². The molecule has 5 N–H and O–H groups in total. The predicted octanol–water partition coefficient (Wildman–Crippen LogP) is 1.30. The van der Waals surface area contributed by atoms with Crippen molar-refractivity contribution < 1.29 is 15.0 Å². The fraction of sp³-hybridized carbons (Fsp3) is 0.308. The van der Waals surface area contributed by atoms with Crippen LogP contribution in [-0.4, -0.2) is 46.3 Å². The minimum absolute atomic E-state index is 0.0875. The van der Waals surface area contributed by atoms with Gasteiger partial charge in [0.05, 0.1) is 0 Å². The number of nitrogens with two attached hydrogens (primary N) is 1. The van der Waals surface area contributed by atoms with Gasteiger partial charge >= 0.3 is 5.97 Å². The molecule has 0 aliphatic heterocycles. The molecule has 0 bridgehead atoms. The van der Waals surface area contributed by atoms with Crippen molar-refractivity contribution >= 4 is 29.8 Å². The lowest BCUT2D eigenvalue weighted by Gasteiger charge is -2.07. The first-order chi connectivity index (χ1) is 9.45. The fourth-order valence-corrected chi connectivity index (χ4v) is 1.94. The molecule has 0 heterocycles. The number of amidine groups is 1. The van der Waals surface area contributed by atoms with E-state index in [-0.39, 0.29) is 11.6 Å². The highest BCUT2D eigenvalue weighted by atomic mass is 32.2. The van der Waals surface area contributed by atoms with E-state index in [1.807, 2.05) is 6.26 Å². The van der Waals surface area contributed by atoms with Gasteiger partial charge in [-0.2, -0.15) is 11.8 Å². The molecule has 108 valence electrons. The summed E-state index contributed by atoms with van der Waals surface area (Å²) in [6.07, 6.45) is 3.66. The van der Waals surface area contributed by atoms with Gasteiger partial charge in [-0.05, 0) is 30.6 Å². The third-order valence-electron chi connectivity index (χ3n) is 2.62. The Hall–Kier alpha value is -2.02. The number of benzene rings is 1. The molecule has 0 saturated heterocycles. The van der Waals surface area contributed by atoms with E-state index in [0.29, 0.717) is 23.3 Å². The molecule has 0 unspecified atom stereocenters. The monoisotopic (exact) mass is 295 g/mol. The number of aliphatic imine (C=N–C) groups is 1. The molecule has 0 radical (unpaired) electrons. The van der Waals surface area contributed by atoms with Crippen molar-refractivity contribution in [3.05, 3.63) is 29.3 Å². The summed E-state index contributed by atoms with van der Waals surface area (Å²) in [5, 5.41) is 26.1. The molecule has 1 rings (SSSR count). The maximum Gasteiger partial charge on any atom is 0.328 e. The largest absolute Gasteiger partial charge is 0.507 e. The second-order valence-corrected chi connectivity index (χ2v) is 5.09. The van der Waals surface area contributed by atoms with Crippen LogP contribution in [-0.2, 0) is 4.79 Å². The van der Waals surface area contributed by atoms with Crippen molar-refractivity contribution in [2.45, 2.75) is 12.5 Å². The number of carboxylic acid groups (broad SMARTS) is 1. The van der Waals surface area contributed by atoms with Crippen LogP contribution in [0.4, 0.5) is 0 Å². The highest BCUT2D eigenvalue weighted by Gasteiger charge is 2.14. The predicted molar refractivity (Wildman–Crippen MR) is 81.1 cm³/mol. The van der Waals surface area contributed by atoms with E-state index in [2.05, 4.69) is 4.99 Å². The van der Waals surface area contributed by atoms with E-state index < -0.39 is 12.0 Å². The van der Waals surface area contributed by atoms with Crippen molar-refractivity contribution in [2.24, 2.45) is 10.7 Å². The molecule has 0 aromatic heterocycles. The molecule has 1 aromatic rings. The van der Waals surface area contributed by atoms with E-state index in [0.717, 1.165) is 0 Å². The zero-order chi connectivity index (χ0) is 15.1. The quantitative estimate of drug-likeness (QED) is 0.446. The number of hydrogen-bond donors (Lipinski definition) is 4. The summed E-state index contributed by atoms with van der Waals surface area (Å²) in [5.41, 5.74) is 6.10. The van der Waals surface area contributed by atoms with Crippen LogP contribution in [0.1, 0.15) is 17.5 Å². The van der Waals surface area contributed by atoms with E-state index >= 15 is 0 Å². The zero-order valence-electron chi connectivity index (χ0n) is 11.0. The average molecular weight is 295 g/mol. The Morgan fingerprint density at radius 2 is 2.30 bits per heavy atom. The van der Waals surface area contributed by atoms with Gasteiger partial charge in [0.1, 0.15) is 17.6 Å². The average Bonchev–Trinajstić information content (AvgIpc) is 2.39. The molecule has 0 fully saturated rings. The summed E-state index contributed by atoms with van der Waals surface area (Å²) < 4.78 is 0. The summed E-state index contributed by atoms with van der Waals surface area (Å²) >= 11 is 1.55. The van der Waals surface area contributed by atoms with Crippen LogP contribution >= 0.6 is 11.8 Å². The molecule has 1 atom stereocenters. The van der Waals surface area contributed by atoms with Crippen molar-refractivity contribution in [3.63, 3.8) is 0 Å². The smallest absolute Gasteiger partial charge is 0.328 e. The van der Waals surface area contributed by atoms with E-state index in [4.69, 9.17) is 16.2 Å². The van der Waals surface area contributed by atoms with Gasteiger partial charge in [-0.25, -0.2) is 4.79 Å². The number of carboxylic acids is 1. The Labute approximate surface area is 121 Å². The first-order valence-electron chi connectivity index (χ1n) is 5.88. The number of hydrogen-bond acceptors (Lipinski definition) is 5. The number of phenols is 1. The lowest BCUT2D eigenvalue weighted by molar-refractivity contribution is -0.138. The third-order valence-corrected chi connectivity index (χ3v) is 3.26. The Kier molecular flexibility index (Phi) is 6.05. The first-order valence-corrected chi connectivity index (χ1v) is 7.27. The molecule has 0 aliphatic rings. The topological polar surface area (TPSA) is 120 Å². The number of nitrogens with zero attached hydrogens (tertiary/aromatic N) is 1. The highest BCUT2D eigenvalue weighted by Crippen LogP contribution is 2.17.